The molecule has 1 aromatic carbocycles. The zero-order chi connectivity index (χ0) is 23.3. The number of rotatable bonds is 7. The first-order chi connectivity index (χ1) is 15.8. The molecule has 2 aromatic heterocycles. The molecule has 2 fully saturated rings. The molecule has 0 bridgehead atoms. The molecule has 174 valence electrons. The van der Waals surface area contributed by atoms with Crippen LogP contribution in [0.4, 0.5) is 4.79 Å². The molecular weight excluding hydrogens is 446 g/mol. The smallest absolute Gasteiger partial charge is 0.407 e. The Hall–Kier alpha value is -2.91. The van der Waals surface area contributed by atoms with Crippen molar-refractivity contribution in [1.29, 1.82) is 0 Å². The Bertz CT molecular complexity index is 1220. The molecule has 0 radical (unpaired) electrons. The van der Waals surface area contributed by atoms with Crippen LogP contribution in [0.2, 0.25) is 5.02 Å². The van der Waals surface area contributed by atoms with Gasteiger partial charge in [0, 0.05) is 31.4 Å². The van der Waals surface area contributed by atoms with Gasteiger partial charge < -0.3 is 19.8 Å². The molecule has 0 spiro atoms. The van der Waals surface area contributed by atoms with E-state index >= 15 is 0 Å². The molecule has 1 unspecified atom stereocenters. The van der Waals surface area contributed by atoms with Crippen molar-refractivity contribution >= 4 is 28.6 Å². The largest absolute Gasteiger partial charge is 0.490 e. The number of pyridine rings is 1. The van der Waals surface area contributed by atoms with Gasteiger partial charge in [0.25, 0.3) is 0 Å². The molecule has 1 saturated heterocycles. The van der Waals surface area contributed by atoms with Gasteiger partial charge >= 0.3 is 6.09 Å². The number of benzene rings is 1. The number of aliphatic hydroxyl groups is 1. The molecule has 3 aromatic rings. The second kappa shape index (κ2) is 8.14. The maximum atomic E-state index is 12.0. The molecule has 9 nitrogen and oxygen atoms in total. The van der Waals surface area contributed by atoms with Gasteiger partial charge in [0.1, 0.15) is 5.60 Å². The van der Waals surface area contributed by atoms with E-state index in [1.165, 1.54) is 28.6 Å². The van der Waals surface area contributed by atoms with E-state index in [1.54, 1.807) is 7.05 Å². The molecule has 3 heterocycles. The number of likely N-dealkylation sites (tertiary alicyclic amines) is 1. The summed E-state index contributed by atoms with van der Waals surface area (Å²) in [5.41, 5.74) is 1.08. The minimum atomic E-state index is -1.50. The third kappa shape index (κ3) is 3.69. The average molecular weight is 472 g/mol. The lowest BCUT2D eigenvalue weighted by molar-refractivity contribution is -0.0590. The van der Waals surface area contributed by atoms with Crippen LogP contribution in [0.3, 0.4) is 0 Å². The van der Waals surface area contributed by atoms with Gasteiger partial charge in [0.15, 0.2) is 5.75 Å². The van der Waals surface area contributed by atoms with Crippen molar-refractivity contribution in [1.82, 2.24) is 24.9 Å². The van der Waals surface area contributed by atoms with Gasteiger partial charge in [-0.3, -0.25) is 0 Å². The first-order valence-corrected chi connectivity index (χ1v) is 11.5. The van der Waals surface area contributed by atoms with Gasteiger partial charge in [-0.25, -0.2) is 14.5 Å². The highest BCUT2D eigenvalue weighted by Gasteiger charge is 2.50. The topological polar surface area (TPSA) is 114 Å². The average Bonchev–Trinajstić information content (AvgIpc) is 3.49. The number of nitrogens with zero attached hydrogens (tertiary/aromatic N) is 5. The van der Waals surface area contributed by atoms with Crippen molar-refractivity contribution in [2.45, 2.75) is 31.8 Å². The summed E-state index contributed by atoms with van der Waals surface area (Å²) in [5.74, 6) is 0.809. The number of hydrogen-bond acceptors (Lipinski definition) is 6. The van der Waals surface area contributed by atoms with Crippen LogP contribution in [0.1, 0.15) is 36.7 Å². The van der Waals surface area contributed by atoms with E-state index in [-0.39, 0.29) is 19.0 Å². The second-order valence-corrected chi connectivity index (χ2v) is 9.31. The van der Waals surface area contributed by atoms with Crippen LogP contribution in [-0.4, -0.2) is 60.9 Å². The Morgan fingerprint density at radius 3 is 2.70 bits per heavy atom. The van der Waals surface area contributed by atoms with Crippen molar-refractivity contribution < 1.29 is 19.7 Å². The molecule has 1 atom stereocenters. The predicted molar refractivity (Wildman–Crippen MR) is 121 cm³/mol. The molecule has 33 heavy (non-hydrogen) atoms. The first kappa shape index (κ1) is 21.9. The maximum absolute atomic E-state index is 12.0. The van der Waals surface area contributed by atoms with Gasteiger partial charge in [-0.2, -0.15) is 0 Å². The Kier molecular flexibility index (Phi) is 5.41. The van der Waals surface area contributed by atoms with Crippen LogP contribution >= 0.6 is 11.6 Å². The Morgan fingerprint density at radius 2 is 2.09 bits per heavy atom. The minimum absolute atomic E-state index is 0.200. The van der Waals surface area contributed by atoms with Crippen LogP contribution in [0.5, 0.6) is 5.75 Å². The van der Waals surface area contributed by atoms with Crippen molar-refractivity contribution in [3.05, 3.63) is 46.4 Å². The highest BCUT2D eigenvalue weighted by Crippen LogP contribution is 2.44. The summed E-state index contributed by atoms with van der Waals surface area (Å²) in [7, 11) is 1.70. The summed E-state index contributed by atoms with van der Waals surface area (Å²) in [6, 6.07) is 5.47. The fraction of sp³-hybridized carbons (Fsp3) is 0.478. The van der Waals surface area contributed by atoms with Crippen LogP contribution in [0.25, 0.3) is 10.9 Å². The van der Waals surface area contributed by atoms with Gasteiger partial charge in [0.2, 0.25) is 0 Å². The Morgan fingerprint density at radius 1 is 1.33 bits per heavy atom. The van der Waals surface area contributed by atoms with E-state index < -0.39 is 11.7 Å². The highest BCUT2D eigenvalue weighted by atomic mass is 35.5. The molecule has 1 amide bonds. The second-order valence-electron chi connectivity index (χ2n) is 8.94. The van der Waals surface area contributed by atoms with Crippen LogP contribution in [-0.2, 0) is 19.1 Å². The van der Waals surface area contributed by atoms with Gasteiger partial charge in [-0.1, -0.05) is 29.8 Å². The molecule has 1 saturated carbocycles. The van der Waals surface area contributed by atoms with Gasteiger partial charge in [-0.15, -0.1) is 5.10 Å². The lowest BCUT2D eigenvalue weighted by atomic mass is 9.74. The van der Waals surface area contributed by atoms with Gasteiger partial charge in [0.05, 0.1) is 34.7 Å². The summed E-state index contributed by atoms with van der Waals surface area (Å²) < 4.78 is 7.59. The zero-order valence-corrected chi connectivity index (χ0v) is 19.3. The van der Waals surface area contributed by atoms with Crippen LogP contribution < -0.4 is 4.74 Å². The van der Waals surface area contributed by atoms with Crippen LogP contribution in [0, 0.1) is 11.8 Å². The number of fused-ring (bicyclic) bond motifs is 1. The molecule has 5 rings (SSSR count). The molecule has 1 aliphatic carbocycles. The highest BCUT2D eigenvalue weighted by molar-refractivity contribution is 6.37. The summed E-state index contributed by atoms with van der Waals surface area (Å²) in [5, 5.41) is 30.4. The number of carboxylic acid groups (broad SMARTS) is 1. The minimum Gasteiger partial charge on any atom is -0.490 e. The zero-order valence-electron chi connectivity index (χ0n) is 18.5. The third-order valence-corrected chi connectivity index (χ3v) is 7.11. The van der Waals surface area contributed by atoms with E-state index in [0.717, 1.165) is 5.69 Å². The number of carbonyl (C=O) groups is 1. The maximum Gasteiger partial charge on any atom is 0.407 e. The first-order valence-electron chi connectivity index (χ1n) is 11.1. The molecule has 2 aliphatic rings. The van der Waals surface area contributed by atoms with E-state index in [4.69, 9.17) is 21.3 Å². The summed E-state index contributed by atoms with van der Waals surface area (Å²) in [4.78, 5) is 17.4. The quantitative estimate of drug-likeness (QED) is 0.543. The van der Waals surface area contributed by atoms with Crippen molar-refractivity contribution in [3.8, 4) is 5.75 Å². The molecule has 10 heteroatoms. The third-order valence-electron chi connectivity index (χ3n) is 6.73. The lowest BCUT2D eigenvalue weighted by Crippen LogP contribution is -2.58. The Balaban J connectivity index is 1.60. The fourth-order valence-corrected chi connectivity index (χ4v) is 4.81. The fourth-order valence-electron chi connectivity index (χ4n) is 4.49. The SMILES string of the molecule is CCc1nc2ccc(C(O)(c3cnnn3C)C3CN(C(=O)O)C3)cc2c(Cl)c1OCC1CC1. The summed E-state index contributed by atoms with van der Waals surface area (Å²) in [6.45, 7) is 3.04. The monoisotopic (exact) mass is 471 g/mol. The number of amides is 1. The van der Waals surface area contributed by atoms with E-state index in [2.05, 4.69) is 10.3 Å². The van der Waals surface area contributed by atoms with E-state index in [9.17, 15) is 15.0 Å². The van der Waals surface area contributed by atoms with Crippen molar-refractivity contribution in [3.63, 3.8) is 0 Å². The lowest BCUT2D eigenvalue weighted by Gasteiger charge is -2.46. The number of ether oxygens (including phenoxy) is 1. The number of aromatic nitrogens is 4. The molecule has 1 aliphatic heterocycles. The summed E-state index contributed by atoms with van der Waals surface area (Å²) >= 11 is 6.84. The molecular formula is C23H26ClN5O4. The Labute approximate surface area is 195 Å². The number of hydrogen-bond donors (Lipinski definition) is 2. The normalized spacial score (nSPS) is 18.2. The number of aryl methyl sites for hydroxylation is 2. The van der Waals surface area contributed by atoms with Crippen molar-refractivity contribution in [2.24, 2.45) is 18.9 Å². The predicted octanol–water partition coefficient (Wildman–Crippen LogP) is 3.21. The van der Waals surface area contributed by atoms with Gasteiger partial charge in [-0.05, 0) is 42.9 Å². The standard InChI is InChI=1S/C23H26ClN5O4/c1-3-17-21(33-12-13-4-5-13)20(24)16-8-14(6-7-18(16)26-17)23(32,19-9-25-27-28(19)2)15-10-29(11-15)22(30)31/h6-9,13,15,32H,3-5,10-12H2,1-2H3,(H,30,31). The van der Waals surface area contributed by atoms with Crippen LogP contribution in [0.15, 0.2) is 24.4 Å². The molecule has 2 N–H and O–H groups in total. The summed E-state index contributed by atoms with van der Waals surface area (Å²) in [6.07, 6.45) is 3.54. The number of halogens is 1. The van der Waals surface area contributed by atoms with E-state index in [0.29, 0.717) is 51.9 Å². The van der Waals surface area contributed by atoms with E-state index in [1.807, 2.05) is 25.1 Å². The van der Waals surface area contributed by atoms with Crippen molar-refractivity contribution in [2.75, 3.05) is 19.7 Å².